The number of carboxylic acid groups (broad SMARTS) is 1. The fraction of sp³-hybridized carbons (Fsp3) is 0.0588. The summed E-state index contributed by atoms with van der Waals surface area (Å²) in [5.41, 5.74) is 3.29. The number of benzene rings is 2. The number of carbonyl (C=O) groups is 1. The van der Waals surface area contributed by atoms with Crippen LogP contribution in [0.5, 0.6) is 0 Å². The highest BCUT2D eigenvalue weighted by Gasteiger charge is 2.21. The lowest BCUT2D eigenvalue weighted by Crippen LogP contribution is -2.02. The molecule has 5 heteroatoms. The number of hydrogen-bond donors (Lipinski definition) is 3. The van der Waals surface area contributed by atoms with Crippen LogP contribution in [0, 0.1) is 6.92 Å². The van der Waals surface area contributed by atoms with E-state index in [4.69, 9.17) is 0 Å². The molecule has 22 heavy (non-hydrogen) atoms. The fourth-order valence-corrected chi connectivity index (χ4v) is 2.31. The van der Waals surface area contributed by atoms with Crippen molar-refractivity contribution in [1.29, 1.82) is 0 Å². The van der Waals surface area contributed by atoms with Crippen LogP contribution in [0.2, 0.25) is 0 Å². The van der Waals surface area contributed by atoms with Crippen LogP contribution in [-0.4, -0.2) is 21.3 Å². The first-order valence-electron chi connectivity index (χ1n) is 6.86. The highest BCUT2D eigenvalue weighted by atomic mass is 16.4. The SMILES string of the molecule is Cc1cccc(Nc2n[nH]c(-c3ccccc3)c2C(=O)O)c1. The van der Waals surface area contributed by atoms with E-state index >= 15 is 0 Å². The predicted molar refractivity (Wildman–Crippen MR) is 85.4 cm³/mol. The Hall–Kier alpha value is -3.08. The highest BCUT2D eigenvalue weighted by molar-refractivity contribution is 6.00. The lowest BCUT2D eigenvalue weighted by molar-refractivity contribution is 0.0699. The molecule has 0 atom stereocenters. The highest BCUT2D eigenvalue weighted by Crippen LogP contribution is 2.28. The zero-order valence-corrected chi connectivity index (χ0v) is 12.0. The van der Waals surface area contributed by atoms with Crippen LogP contribution in [0.25, 0.3) is 11.3 Å². The monoisotopic (exact) mass is 293 g/mol. The second-order valence-corrected chi connectivity index (χ2v) is 4.99. The van der Waals surface area contributed by atoms with Gasteiger partial charge >= 0.3 is 5.97 Å². The van der Waals surface area contributed by atoms with E-state index in [-0.39, 0.29) is 5.56 Å². The number of nitrogens with one attached hydrogen (secondary N) is 2. The lowest BCUT2D eigenvalue weighted by Gasteiger charge is -2.06. The molecule has 0 radical (unpaired) electrons. The van der Waals surface area contributed by atoms with Crippen LogP contribution in [0.4, 0.5) is 11.5 Å². The third-order valence-electron chi connectivity index (χ3n) is 3.32. The van der Waals surface area contributed by atoms with E-state index in [9.17, 15) is 9.90 Å². The molecule has 3 aromatic rings. The molecule has 3 N–H and O–H groups in total. The molecule has 0 saturated carbocycles. The Kier molecular flexibility index (Phi) is 3.62. The Morgan fingerprint density at radius 2 is 1.91 bits per heavy atom. The van der Waals surface area contributed by atoms with E-state index in [0.717, 1.165) is 16.8 Å². The molecule has 0 aliphatic heterocycles. The topological polar surface area (TPSA) is 78.0 Å². The van der Waals surface area contributed by atoms with Gasteiger partial charge in [0, 0.05) is 11.3 Å². The summed E-state index contributed by atoms with van der Waals surface area (Å²) in [6.45, 7) is 1.98. The first-order chi connectivity index (χ1) is 10.6. The number of aromatic nitrogens is 2. The average molecular weight is 293 g/mol. The van der Waals surface area contributed by atoms with Crippen LogP contribution in [-0.2, 0) is 0 Å². The molecular weight excluding hydrogens is 278 g/mol. The van der Waals surface area contributed by atoms with Crippen LogP contribution in [0.3, 0.4) is 0 Å². The van der Waals surface area contributed by atoms with Crippen molar-refractivity contribution in [3.05, 3.63) is 65.7 Å². The molecule has 3 rings (SSSR count). The molecule has 0 unspecified atom stereocenters. The molecule has 1 heterocycles. The first-order valence-corrected chi connectivity index (χ1v) is 6.86. The largest absolute Gasteiger partial charge is 0.477 e. The van der Waals surface area contributed by atoms with Gasteiger partial charge < -0.3 is 10.4 Å². The van der Waals surface area contributed by atoms with E-state index in [0.29, 0.717) is 11.5 Å². The number of H-pyrrole nitrogens is 1. The van der Waals surface area contributed by atoms with Crippen LogP contribution >= 0.6 is 0 Å². The fourth-order valence-electron chi connectivity index (χ4n) is 2.31. The standard InChI is InChI=1S/C17H15N3O2/c1-11-6-5-9-13(10-11)18-16-14(17(21)22)15(19-20-16)12-7-3-2-4-8-12/h2-10H,1H3,(H,21,22)(H2,18,19,20). The summed E-state index contributed by atoms with van der Waals surface area (Å²) >= 11 is 0. The summed E-state index contributed by atoms with van der Waals surface area (Å²) in [5, 5.41) is 19.5. The van der Waals surface area contributed by atoms with Crippen molar-refractivity contribution in [2.24, 2.45) is 0 Å². The van der Waals surface area contributed by atoms with Crippen molar-refractivity contribution in [2.45, 2.75) is 6.92 Å². The maximum Gasteiger partial charge on any atom is 0.341 e. The van der Waals surface area contributed by atoms with Gasteiger partial charge in [-0.2, -0.15) is 5.10 Å². The number of rotatable bonds is 4. The summed E-state index contributed by atoms with van der Waals surface area (Å²) in [4.78, 5) is 11.6. The van der Waals surface area contributed by atoms with E-state index in [1.807, 2.05) is 61.5 Å². The van der Waals surface area contributed by atoms with Gasteiger partial charge in [-0.05, 0) is 24.6 Å². The van der Waals surface area contributed by atoms with Crippen molar-refractivity contribution < 1.29 is 9.90 Å². The van der Waals surface area contributed by atoms with Crippen molar-refractivity contribution in [1.82, 2.24) is 10.2 Å². The Morgan fingerprint density at radius 1 is 1.14 bits per heavy atom. The number of aromatic carboxylic acids is 1. The lowest BCUT2D eigenvalue weighted by atomic mass is 10.1. The molecule has 110 valence electrons. The summed E-state index contributed by atoms with van der Waals surface area (Å²) in [7, 11) is 0. The number of anilines is 2. The first kappa shape index (κ1) is 13.9. The van der Waals surface area contributed by atoms with Gasteiger partial charge in [-0.1, -0.05) is 42.5 Å². The maximum atomic E-state index is 11.6. The summed E-state index contributed by atoms with van der Waals surface area (Å²) in [5.74, 6) is -0.722. The number of carboxylic acids is 1. The molecule has 0 aliphatic carbocycles. The molecule has 0 aliphatic rings. The van der Waals surface area contributed by atoms with Gasteiger partial charge in [0.1, 0.15) is 5.56 Å². The molecule has 0 bridgehead atoms. The molecule has 2 aromatic carbocycles. The van der Waals surface area contributed by atoms with Crippen molar-refractivity contribution in [3.8, 4) is 11.3 Å². The van der Waals surface area contributed by atoms with E-state index in [2.05, 4.69) is 15.5 Å². The summed E-state index contributed by atoms with van der Waals surface area (Å²) in [6, 6.07) is 17.0. The molecule has 1 aromatic heterocycles. The Labute approximate surface area is 127 Å². The van der Waals surface area contributed by atoms with E-state index in [1.165, 1.54) is 0 Å². The zero-order chi connectivity index (χ0) is 15.5. The Morgan fingerprint density at radius 3 is 2.59 bits per heavy atom. The smallest absolute Gasteiger partial charge is 0.341 e. The van der Waals surface area contributed by atoms with Gasteiger partial charge in [0.25, 0.3) is 0 Å². The maximum absolute atomic E-state index is 11.6. The molecular formula is C17H15N3O2. The normalized spacial score (nSPS) is 10.4. The Bertz CT molecular complexity index is 810. The molecule has 0 amide bonds. The summed E-state index contributed by atoms with van der Waals surface area (Å²) in [6.07, 6.45) is 0. The van der Waals surface area contributed by atoms with Gasteiger partial charge in [0.05, 0.1) is 5.69 Å². The molecule has 0 spiro atoms. The minimum absolute atomic E-state index is 0.132. The van der Waals surface area contributed by atoms with Gasteiger partial charge in [-0.15, -0.1) is 0 Å². The van der Waals surface area contributed by atoms with Gasteiger partial charge in [-0.25, -0.2) is 4.79 Å². The van der Waals surface area contributed by atoms with E-state index in [1.54, 1.807) is 0 Å². The second kappa shape index (κ2) is 5.73. The molecule has 0 saturated heterocycles. The number of aryl methyl sites for hydroxylation is 1. The van der Waals surface area contributed by atoms with Gasteiger partial charge in [0.15, 0.2) is 5.82 Å². The van der Waals surface area contributed by atoms with Crippen molar-refractivity contribution >= 4 is 17.5 Å². The van der Waals surface area contributed by atoms with Gasteiger partial charge in [-0.3, -0.25) is 5.10 Å². The minimum Gasteiger partial charge on any atom is -0.477 e. The van der Waals surface area contributed by atoms with Crippen molar-refractivity contribution in [2.75, 3.05) is 5.32 Å². The van der Waals surface area contributed by atoms with Crippen LogP contribution in [0.1, 0.15) is 15.9 Å². The number of hydrogen-bond acceptors (Lipinski definition) is 3. The average Bonchev–Trinajstić information content (AvgIpc) is 2.92. The molecule has 5 nitrogen and oxygen atoms in total. The van der Waals surface area contributed by atoms with Crippen molar-refractivity contribution in [3.63, 3.8) is 0 Å². The zero-order valence-electron chi connectivity index (χ0n) is 12.0. The van der Waals surface area contributed by atoms with Gasteiger partial charge in [0.2, 0.25) is 0 Å². The summed E-state index contributed by atoms with van der Waals surface area (Å²) < 4.78 is 0. The minimum atomic E-state index is -1.03. The quantitative estimate of drug-likeness (QED) is 0.683. The molecule has 0 fully saturated rings. The Balaban J connectivity index is 2.02. The third-order valence-corrected chi connectivity index (χ3v) is 3.32. The second-order valence-electron chi connectivity index (χ2n) is 4.99. The third kappa shape index (κ3) is 2.69. The van der Waals surface area contributed by atoms with Crippen LogP contribution < -0.4 is 5.32 Å². The number of nitrogens with zero attached hydrogens (tertiary/aromatic N) is 1. The van der Waals surface area contributed by atoms with Crippen LogP contribution in [0.15, 0.2) is 54.6 Å². The predicted octanol–water partition coefficient (Wildman–Crippen LogP) is 3.83. The van der Waals surface area contributed by atoms with E-state index < -0.39 is 5.97 Å². The number of aromatic amines is 1.